The van der Waals surface area contributed by atoms with E-state index in [-0.39, 0.29) is 25.2 Å². The first-order chi connectivity index (χ1) is 13.0. The average Bonchev–Trinajstić information content (AvgIpc) is 3.13. The van der Waals surface area contributed by atoms with Gasteiger partial charge in [-0.15, -0.1) is 0 Å². The molecule has 142 valence electrons. The van der Waals surface area contributed by atoms with Crippen LogP contribution in [0.15, 0.2) is 40.9 Å². The number of hydrogen-bond acceptors (Lipinski definition) is 5. The molecular weight excluding hydrogens is 416 g/mol. The largest absolute Gasteiger partial charge is 0.496 e. The van der Waals surface area contributed by atoms with Crippen molar-refractivity contribution < 1.29 is 23.8 Å². The predicted octanol–water partition coefficient (Wildman–Crippen LogP) is 2.57. The van der Waals surface area contributed by atoms with Crippen LogP contribution < -0.4 is 19.5 Å². The van der Waals surface area contributed by atoms with Crippen molar-refractivity contribution in [2.45, 2.75) is 6.54 Å². The van der Waals surface area contributed by atoms with Gasteiger partial charge in [0, 0.05) is 29.2 Å². The van der Waals surface area contributed by atoms with Crippen LogP contribution in [0.5, 0.6) is 17.2 Å². The Kier molecular flexibility index (Phi) is 5.85. The smallest absolute Gasteiger partial charge is 0.251 e. The molecule has 1 aliphatic heterocycles. The lowest BCUT2D eigenvalue weighted by Crippen LogP contribution is -2.37. The fourth-order valence-corrected chi connectivity index (χ4v) is 3.05. The molecule has 0 fully saturated rings. The van der Waals surface area contributed by atoms with E-state index in [1.807, 2.05) is 18.2 Å². The Balaban J connectivity index is 1.57. The zero-order valence-electron chi connectivity index (χ0n) is 15.0. The summed E-state index contributed by atoms with van der Waals surface area (Å²) in [7, 11) is 3.26. The second kappa shape index (κ2) is 8.30. The number of hydrogen-bond donors (Lipinski definition) is 1. The summed E-state index contributed by atoms with van der Waals surface area (Å²) in [6.07, 6.45) is 0. The van der Waals surface area contributed by atoms with Crippen LogP contribution in [0.2, 0.25) is 0 Å². The molecule has 2 amide bonds. The van der Waals surface area contributed by atoms with Crippen molar-refractivity contribution in [3.63, 3.8) is 0 Å². The van der Waals surface area contributed by atoms with E-state index in [0.29, 0.717) is 29.4 Å². The average molecular weight is 435 g/mol. The van der Waals surface area contributed by atoms with E-state index in [9.17, 15) is 9.59 Å². The summed E-state index contributed by atoms with van der Waals surface area (Å²) >= 11 is 3.41. The van der Waals surface area contributed by atoms with Crippen LogP contribution in [0, 0.1) is 0 Å². The minimum atomic E-state index is -0.352. The van der Waals surface area contributed by atoms with E-state index in [1.165, 1.54) is 4.90 Å². The lowest BCUT2D eigenvalue weighted by atomic mass is 10.2. The molecule has 0 saturated heterocycles. The first-order valence-corrected chi connectivity index (χ1v) is 9.01. The number of ether oxygens (including phenoxy) is 3. The Morgan fingerprint density at radius 1 is 1.19 bits per heavy atom. The summed E-state index contributed by atoms with van der Waals surface area (Å²) in [6, 6.07) is 10.5. The third-order valence-electron chi connectivity index (χ3n) is 4.11. The molecule has 0 saturated carbocycles. The molecule has 3 rings (SSSR count). The zero-order valence-corrected chi connectivity index (χ0v) is 16.5. The van der Waals surface area contributed by atoms with Gasteiger partial charge >= 0.3 is 0 Å². The van der Waals surface area contributed by atoms with Crippen molar-refractivity contribution >= 4 is 27.7 Å². The number of nitrogens with one attached hydrogen (secondary N) is 1. The summed E-state index contributed by atoms with van der Waals surface area (Å²) in [4.78, 5) is 26.2. The summed E-state index contributed by atoms with van der Waals surface area (Å²) in [6.45, 7) is 0.393. The van der Waals surface area contributed by atoms with Gasteiger partial charge in [-0.3, -0.25) is 9.59 Å². The predicted molar refractivity (Wildman–Crippen MR) is 102 cm³/mol. The van der Waals surface area contributed by atoms with Gasteiger partial charge in [0.05, 0.1) is 13.7 Å². The van der Waals surface area contributed by atoms with Crippen LogP contribution in [-0.2, 0) is 11.3 Å². The first-order valence-electron chi connectivity index (χ1n) is 8.22. The van der Waals surface area contributed by atoms with Gasteiger partial charge in [-0.2, -0.15) is 0 Å². The molecule has 0 aromatic heterocycles. The van der Waals surface area contributed by atoms with Gasteiger partial charge in [-0.05, 0) is 36.4 Å². The second-order valence-electron chi connectivity index (χ2n) is 5.96. The summed E-state index contributed by atoms with van der Waals surface area (Å²) in [5, 5.41) is 2.63. The molecule has 2 aromatic rings. The van der Waals surface area contributed by atoms with E-state index in [4.69, 9.17) is 14.2 Å². The van der Waals surface area contributed by atoms with Crippen LogP contribution in [0.25, 0.3) is 0 Å². The van der Waals surface area contributed by atoms with Gasteiger partial charge in [-0.25, -0.2) is 0 Å². The zero-order chi connectivity index (χ0) is 19.4. The van der Waals surface area contributed by atoms with Crippen molar-refractivity contribution in [2.75, 3.05) is 27.5 Å². The molecule has 0 radical (unpaired) electrons. The highest BCUT2D eigenvalue weighted by atomic mass is 79.9. The van der Waals surface area contributed by atoms with Gasteiger partial charge in [0.2, 0.25) is 12.7 Å². The third-order valence-corrected chi connectivity index (χ3v) is 4.60. The number of carbonyl (C=O) groups excluding carboxylic acids is 2. The highest BCUT2D eigenvalue weighted by Crippen LogP contribution is 2.32. The van der Waals surface area contributed by atoms with Gasteiger partial charge in [0.1, 0.15) is 5.75 Å². The minimum absolute atomic E-state index is 0.111. The lowest BCUT2D eigenvalue weighted by Gasteiger charge is -2.19. The molecule has 0 atom stereocenters. The first kappa shape index (κ1) is 19.0. The fraction of sp³-hybridized carbons (Fsp3) is 0.263. The van der Waals surface area contributed by atoms with E-state index in [2.05, 4.69) is 21.2 Å². The number of likely N-dealkylation sites (N-methyl/N-ethyl adjacent to an activating group) is 1. The van der Waals surface area contributed by atoms with Gasteiger partial charge < -0.3 is 24.4 Å². The molecule has 8 heteroatoms. The standard InChI is InChI=1S/C19H19BrN2O5/c1-22(10-13-7-14(20)4-6-15(13)25-2)18(23)9-21-19(24)12-3-5-16-17(8-12)27-11-26-16/h3-8H,9-11H2,1-2H3,(H,21,24). The molecule has 1 heterocycles. The van der Waals surface area contributed by atoms with Crippen molar-refractivity contribution in [1.82, 2.24) is 10.2 Å². The van der Waals surface area contributed by atoms with Gasteiger partial charge in [0.25, 0.3) is 5.91 Å². The quantitative estimate of drug-likeness (QED) is 0.755. The number of carbonyl (C=O) groups is 2. The molecule has 0 bridgehead atoms. The van der Waals surface area contributed by atoms with Gasteiger partial charge in [0.15, 0.2) is 11.5 Å². The molecular formula is C19H19BrN2O5. The monoisotopic (exact) mass is 434 g/mol. The number of rotatable bonds is 6. The number of amides is 2. The Morgan fingerprint density at radius 2 is 1.96 bits per heavy atom. The number of nitrogens with zero attached hydrogens (tertiary/aromatic N) is 1. The molecule has 1 aliphatic rings. The Labute approximate surface area is 165 Å². The van der Waals surface area contributed by atoms with Crippen molar-refractivity contribution in [3.05, 3.63) is 52.0 Å². The van der Waals surface area contributed by atoms with Crippen LogP contribution in [0.3, 0.4) is 0 Å². The highest BCUT2D eigenvalue weighted by molar-refractivity contribution is 9.10. The SMILES string of the molecule is COc1ccc(Br)cc1CN(C)C(=O)CNC(=O)c1ccc2c(c1)OCO2. The normalized spacial score (nSPS) is 11.8. The highest BCUT2D eigenvalue weighted by Gasteiger charge is 2.18. The molecule has 27 heavy (non-hydrogen) atoms. The van der Waals surface area contributed by atoms with Crippen molar-refractivity contribution in [1.29, 1.82) is 0 Å². The molecule has 0 spiro atoms. The Bertz CT molecular complexity index is 871. The second-order valence-corrected chi connectivity index (χ2v) is 6.87. The maximum atomic E-state index is 12.4. The summed E-state index contributed by atoms with van der Waals surface area (Å²) in [5.41, 5.74) is 1.27. The maximum absolute atomic E-state index is 12.4. The van der Waals surface area contributed by atoms with E-state index in [0.717, 1.165) is 10.0 Å². The third kappa shape index (κ3) is 4.51. The maximum Gasteiger partial charge on any atom is 0.251 e. The summed E-state index contributed by atoms with van der Waals surface area (Å²) in [5.74, 6) is 1.25. The Morgan fingerprint density at radius 3 is 2.74 bits per heavy atom. The van der Waals surface area contributed by atoms with E-state index >= 15 is 0 Å². The van der Waals surface area contributed by atoms with Crippen LogP contribution in [0.1, 0.15) is 15.9 Å². The number of halogens is 1. The fourth-order valence-electron chi connectivity index (χ4n) is 2.65. The molecule has 1 N–H and O–H groups in total. The number of fused-ring (bicyclic) bond motifs is 1. The molecule has 0 unspecified atom stereocenters. The molecule has 0 aliphatic carbocycles. The topological polar surface area (TPSA) is 77.1 Å². The number of benzene rings is 2. The molecule has 7 nitrogen and oxygen atoms in total. The number of methoxy groups -OCH3 is 1. The lowest BCUT2D eigenvalue weighted by molar-refractivity contribution is -0.129. The van der Waals surface area contributed by atoms with Crippen LogP contribution in [0.4, 0.5) is 0 Å². The van der Waals surface area contributed by atoms with Crippen LogP contribution >= 0.6 is 15.9 Å². The summed E-state index contributed by atoms with van der Waals surface area (Å²) < 4.78 is 16.7. The van der Waals surface area contributed by atoms with E-state index < -0.39 is 0 Å². The molecule has 2 aromatic carbocycles. The van der Waals surface area contributed by atoms with Gasteiger partial charge in [-0.1, -0.05) is 15.9 Å². The Hall–Kier alpha value is -2.74. The van der Waals surface area contributed by atoms with Crippen LogP contribution in [-0.4, -0.2) is 44.2 Å². The van der Waals surface area contributed by atoms with Crippen molar-refractivity contribution in [3.8, 4) is 17.2 Å². The van der Waals surface area contributed by atoms with Crippen molar-refractivity contribution in [2.24, 2.45) is 0 Å². The minimum Gasteiger partial charge on any atom is -0.496 e. The van der Waals surface area contributed by atoms with E-state index in [1.54, 1.807) is 32.4 Å².